The van der Waals surface area contributed by atoms with E-state index >= 15 is 0 Å². The van der Waals surface area contributed by atoms with Crippen molar-refractivity contribution in [3.8, 4) is 0 Å². The number of non-ortho nitro benzene ring substituents is 1. The first kappa shape index (κ1) is 14.9. The molecule has 1 aliphatic rings. The van der Waals surface area contributed by atoms with Crippen molar-refractivity contribution in [2.24, 2.45) is 0 Å². The normalized spacial score (nSPS) is 14.8. The predicted octanol–water partition coefficient (Wildman–Crippen LogP) is 2.44. The van der Waals surface area contributed by atoms with Crippen molar-refractivity contribution in [1.29, 1.82) is 0 Å². The number of carbonyl (C=O) groups is 1. The molecule has 0 radical (unpaired) electrons. The Balaban J connectivity index is 2.48. The highest BCUT2D eigenvalue weighted by Gasteiger charge is 2.27. The molecule has 0 aromatic heterocycles. The van der Waals surface area contributed by atoms with Crippen molar-refractivity contribution in [3.05, 3.63) is 43.5 Å². The minimum atomic E-state index is -0.723. The number of hydrogen-bond acceptors (Lipinski definition) is 5. The summed E-state index contributed by atoms with van der Waals surface area (Å²) in [5, 5.41) is 21.9. The molecule has 8 heteroatoms. The first-order valence-corrected chi connectivity index (χ1v) is 6.64. The second-order valence-electron chi connectivity index (χ2n) is 5.00. The molecule has 2 rings (SSSR count). The lowest BCUT2D eigenvalue weighted by Gasteiger charge is -2.27. The largest absolute Gasteiger partial charge is 0.339 e. The Morgan fingerprint density at radius 2 is 1.71 bits per heavy atom. The highest BCUT2D eigenvalue weighted by atomic mass is 16.6. The van der Waals surface area contributed by atoms with E-state index in [1.807, 2.05) is 0 Å². The van der Waals surface area contributed by atoms with E-state index in [9.17, 15) is 25.0 Å². The molecule has 0 atom stereocenters. The van der Waals surface area contributed by atoms with Gasteiger partial charge in [0.2, 0.25) is 0 Å². The average molecular weight is 293 g/mol. The summed E-state index contributed by atoms with van der Waals surface area (Å²) in [4.78, 5) is 34.5. The number of benzene rings is 1. The van der Waals surface area contributed by atoms with Crippen LogP contribution in [0.3, 0.4) is 0 Å². The maximum atomic E-state index is 12.5. The third-order valence-electron chi connectivity index (χ3n) is 3.65. The van der Waals surface area contributed by atoms with Gasteiger partial charge in [0, 0.05) is 24.7 Å². The van der Waals surface area contributed by atoms with E-state index in [4.69, 9.17) is 0 Å². The molecule has 0 bridgehead atoms. The lowest BCUT2D eigenvalue weighted by Crippen LogP contribution is -2.36. The van der Waals surface area contributed by atoms with E-state index in [2.05, 4.69) is 0 Å². The molecule has 1 saturated heterocycles. The Hall–Kier alpha value is -2.51. The molecule has 1 amide bonds. The van der Waals surface area contributed by atoms with Crippen LogP contribution in [0.1, 0.15) is 35.2 Å². The Bertz CT molecular complexity index is 608. The summed E-state index contributed by atoms with van der Waals surface area (Å²) in [6.07, 6.45) is 2.79. The molecule has 0 aliphatic carbocycles. The molecule has 112 valence electrons. The lowest BCUT2D eigenvalue weighted by molar-refractivity contribution is -0.394. The van der Waals surface area contributed by atoms with Crippen molar-refractivity contribution in [3.63, 3.8) is 0 Å². The van der Waals surface area contributed by atoms with Gasteiger partial charge < -0.3 is 4.90 Å². The van der Waals surface area contributed by atoms with Gasteiger partial charge in [-0.1, -0.05) is 0 Å². The molecular formula is C13H15N3O5. The van der Waals surface area contributed by atoms with Crippen molar-refractivity contribution < 1.29 is 14.6 Å². The first-order valence-electron chi connectivity index (χ1n) is 6.64. The maximum absolute atomic E-state index is 12.5. The molecule has 1 aromatic carbocycles. The van der Waals surface area contributed by atoms with Crippen LogP contribution in [0.4, 0.5) is 11.4 Å². The zero-order chi connectivity index (χ0) is 15.6. The lowest BCUT2D eigenvalue weighted by atomic mass is 10.0. The van der Waals surface area contributed by atoms with E-state index in [0.29, 0.717) is 13.1 Å². The van der Waals surface area contributed by atoms with Crippen molar-refractivity contribution in [1.82, 2.24) is 4.90 Å². The molecular weight excluding hydrogens is 278 g/mol. The summed E-state index contributed by atoms with van der Waals surface area (Å²) in [7, 11) is 0. The van der Waals surface area contributed by atoms with Crippen molar-refractivity contribution >= 4 is 17.3 Å². The van der Waals surface area contributed by atoms with Gasteiger partial charge in [-0.2, -0.15) is 0 Å². The zero-order valence-electron chi connectivity index (χ0n) is 11.6. The van der Waals surface area contributed by atoms with E-state index in [1.54, 1.807) is 4.90 Å². The van der Waals surface area contributed by atoms with Crippen LogP contribution in [-0.4, -0.2) is 33.7 Å². The van der Waals surface area contributed by atoms with Crippen LogP contribution >= 0.6 is 0 Å². The second-order valence-corrected chi connectivity index (χ2v) is 5.00. The van der Waals surface area contributed by atoms with Crippen LogP contribution in [0, 0.1) is 27.2 Å². The number of piperidine rings is 1. The molecule has 0 saturated carbocycles. The van der Waals surface area contributed by atoms with Crippen LogP contribution in [0.15, 0.2) is 12.1 Å². The highest BCUT2D eigenvalue weighted by molar-refractivity contribution is 5.97. The molecule has 1 aliphatic heterocycles. The SMILES string of the molecule is Cc1c(C(=O)N2CCCCC2)cc([N+](=O)[O-])cc1[N+](=O)[O-]. The second kappa shape index (κ2) is 5.86. The van der Waals surface area contributed by atoms with E-state index in [1.165, 1.54) is 6.92 Å². The summed E-state index contributed by atoms with van der Waals surface area (Å²) in [6.45, 7) is 2.60. The number of amides is 1. The van der Waals surface area contributed by atoms with Gasteiger partial charge in [-0.25, -0.2) is 0 Å². The average Bonchev–Trinajstić information content (AvgIpc) is 2.47. The van der Waals surface area contributed by atoms with Gasteiger partial charge in [-0.15, -0.1) is 0 Å². The topological polar surface area (TPSA) is 107 Å². The van der Waals surface area contributed by atoms with Gasteiger partial charge in [0.25, 0.3) is 17.3 Å². The Morgan fingerprint density at radius 3 is 2.24 bits per heavy atom. The van der Waals surface area contributed by atoms with Gasteiger partial charge >= 0.3 is 0 Å². The van der Waals surface area contributed by atoms with E-state index < -0.39 is 21.2 Å². The van der Waals surface area contributed by atoms with Crippen LogP contribution in [0.2, 0.25) is 0 Å². The third-order valence-corrected chi connectivity index (χ3v) is 3.65. The molecule has 1 heterocycles. The van der Waals surface area contributed by atoms with Crippen LogP contribution < -0.4 is 0 Å². The quantitative estimate of drug-likeness (QED) is 0.628. The fraction of sp³-hybridized carbons (Fsp3) is 0.462. The monoisotopic (exact) mass is 293 g/mol. The van der Waals surface area contributed by atoms with Crippen LogP contribution in [-0.2, 0) is 0 Å². The number of nitro benzene ring substituents is 2. The molecule has 1 fully saturated rings. The van der Waals surface area contributed by atoms with Gasteiger partial charge in [0.1, 0.15) is 0 Å². The number of nitro groups is 2. The minimum Gasteiger partial charge on any atom is -0.339 e. The van der Waals surface area contributed by atoms with Gasteiger partial charge in [-0.05, 0) is 26.2 Å². The summed E-state index contributed by atoms with van der Waals surface area (Å²) in [5.74, 6) is -0.376. The molecule has 21 heavy (non-hydrogen) atoms. The number of nitrogens with zero attached hydrogens (tertiary/aromatic N) is 3. The van der Waals surface area contributed by atoms with Gasteiger partial charge in [0.05, 0.1) is 21.5 Å². The summed E-state index contributed by atoms with van der Waals surface area (Å²) in [5.41, 5.74) is -0.629. The molecule has 0 spiro atoms. The Kier molecular flexibility index (Phi) is 4.15. The maximum Gasteiger partial charge on any atom is 0.279 e. The summed E-state index contributed by atoms with van der Waals surface area (Å²) in [6, 6.07) is 2.02. The first-order chi connectivity index (χ1) is 9.91. The highest BCUT2D eigenvalue weighted by Crippen LogP contribution is 2.29. The smallest absolute Gasteiger partial charge is 0.279 e. The molecule has 8 nitrogen and oxygen atoms in total. The minimum absolute atomic E-state index is 0.0396. The Morgan fingerprint density at radius 1 is 1.10 bits per heavy atom. The van der Waals surface area contributed by atoms with Crippen molar-refractivity contribution in [2.45, 2.75) is 26.2 Å². The third kappa shape index (κ3) is 2.99. The molecule has 0 N–H and O–H groups in total. The summed E-state index contributed by atoms with van der Waals surface area (Å²) < 4.78 is 0. The van der Waals surface area contributed by atoms with Crippen LogP contribution in [0.25, 0.3) is 0 Å². The van der Waals surface area contributed by atoms with Gasteiger partial charge in [0.15, 0.2) is 0 Å². The molecule has 0 unspecified atom stereocenters. The standard InChI is InChI=1S/C13H15N3O5/c1-9-11(13(17)14-5-3-2-4-6-14)7-10(15(18)19)8-12(9)16(20)21/h7-8H,2-6H2,1H3. The van der Waals surface area contributed by atoms with E-state index in [0.717, 1.165) is 31.4 Å². The predicted molar refractivity (Wildman–Crippen MR) is 74.2 cm³/mol. The van der Waals surface area contributed by atoms with Crippen LogP contribution in [0.5, 0.6) is 0 Å². The van der Waals surface area contributed by atoms with Gasteiger partial charge in [-0.3, -0.25) is 25.0 Å². The zero-order valence-corrected chi connectivity index (χ0v) is 11.6. The molecule has 1 aromatic rings. The Labute approximate surface area is 120 Å². The summed E-state index contributed by atoms with van der Waals surface area (Å²) >= 11 is 0. The fourth-order valence-electron chi connectivity index (χ4n) is 2.47. The number of carbonyl (C=O) groups excluding carboxylic acids is 1. The number of rotatable bonds is 3. The van der Waals surface area contributed by atoms with Crippen molar-refractivity contribution in [2.75, 3.05) is 13.1 Å². The number of likely N-dealkylation sites (tertiary alicyclic amines) is 1. The van der Waals surface area contributed by atoms with E-state index in [-0.39, 0.29) is 17.0 Å². The number of hydrogen-bond donors (Lipinski definition) is 0. The fourth-order valence-corrected chi connectivity index (χ4v) is 2.47.